The van der Waals surface area contributed by atoms with E-state index in [4.69, 9.17) is 9.47 Å². The van der Waals surface area contributed by atoms with E-state index in [0.717, 1.165) is 24.0 Å². The number of hydrogen-bond donors (Lipinski definition) is 1. The fourth-order valence-corrected chi connectivity index (χ4v) is 3.83. The van der Waals surface area contributed by atoms with Crippen LogP contribution >= 0.6 is 0 Å². The van der Waals surface area contributed by atoms with Crippen molar-refractivity contribution in [2.45, 2.75) is 58.4 Å². The van der Waals surface area contributed by atoms with Gasteiger partial charge in [0, 0.05) is 19.5 Å². The molecule has 180 valence electrons. The van der Waals surface area contributed by atoms with E-state index in [1.165, 1.54) is 0 Å². The fraction of sp³-hybridized carbons (Fsp3) is 0.481. The monoisotopic (exact) mass is 454 g/mol. The lowest BCUT2D eigenvalue weighted by Crippen LogP contribution is -2.50. The first-order chi connectivity index (χ1) is 16.0. The molecule has 1 N–H and O–H groups in total. The first kappa shape index (κ1) is 26.2. The summed E-state index contributed by atoms with van der Waals surface area (Å²) < 4.78 is 10.7. The molecule has 0 heterocycles. The summed E-state index contributed by atoms with van der Waals surface area (Å²) in [6.45, 7) is 5.20. The first-order valence-corrected chi connectivity index (χ1v) is 11.9. The highest BCUT2D eigenvalue weighted by atomic mass is 16.5. The summed E-state index contributed by atoms with van der Waals surface area (Å²) in [5.74, 6) is 1.22. The minimum atomic E-state index is -0.469. The Labute approximate surface area is 198 Å². The quantitative estimate of drug-likeness (QED) is 0.430. The van der Waals surface area contributed by atoms with Gasteiger partial charge in [-0.1, -0.05) is 56.7 Å². The zero-order valence-electron chi connectivity index (χ0n) is 20.4. The second kappa shape index (κ2) is 14.2. The molecule has 0 spiro atoms. The van der Waals surface area contributed by atoms with Gasteiger partial charge >= 0.3 is 0 Å². The normalized spacial score (nSPS) is 11.5. The standard InChI is InChI=1S/C27H38N2O4/c1-5-7-18-28-27(31)23(6-2)29(19-17-21-11-9-8-10-12-21)26(30)16-14-22-13-15-24(32-3)25(20-22)33-4/h8-13,15,20,23H,5-7,14,16-19H2,1-4H3,(H,28,31)/t23-/m1/s1. The molecule has 0 saturated heterocycles. The van der Waals surface area contributed by atoms with Gasteiger partial charge in [-0.05, 0) is 48.9 Å². The number of amides is 2. The van der Waals surface area contributed by atoms with Crippen LogP contribution in [0.2, 0.25) is 0 Å². The fourth-order valence-electron chi connectivity index (χ4n) is 3.83. The number of hydrogen-bond acceptors (Lipinski definition) is 4. The molecule has 0 fully saturated rings. The van der Waals surface area contributed by atoms with Gasteiger partial charge < -0.3 is 19.7 Å². The van der Waals surface area contributed by atoms with Crippen molar-refractivity contribution in [2.24, 2.45) is 0 Å². The number of methoxy groups -OCH3 is 2. The van der Waals surface area contributed by atoms with Crippen molar-refractivity contribution in [1.82, 2.24) is 10.2 Å². The number of nitrogens with zero attached hydrogens (tertiary/aromatic N) is 1. The Hall–Kier alpha value is -3.02. The SMILES string of the molecule is CCCCNC(=O)[C@@H](CC)N(CCc1ccccc1)C(=O)CCc1ccc(OC)c(OC)c1. The van der Waals surface area contributed by atoms with Crippen LogP contribution in [0, 0.1) is 0 Å². The molecule has 33 heavy (non-hydrogen) atoms. The van der Waals surface area contributed by atoms with Gasteiger partial charge in [0.05, 0.1) is 14.2 Å². The maximum Gasteiger partial charge on any atom is 0.242 e. The summed E-state index contributed by atoms with van der Waals surface area (Å²) in [6.07, 6.45) is 4.12. The average molecular weight is 455 g/mol. The second-order valence-electron chi connectivity index (χ2n) is 8.08. The average Bonchev–Trinajstić information content (AvgIpc) is 2.85. The van der Waals surface area contributed by atoms with Gasteiger partial charge in [0.15, 0.2) is 11.5 Å². The molecule has 0 unspecified atom stereocenters. The summed E-state index contributed by atoms with van der Waals surface area (Å²) in [7, 11) is 3.20. The molecule has 1 atom stereocenters. The lowest BCUT2D eigenvalue weighted by molar-refractivity contribution is -0.140. The number of ether oxygens (including phenoxy) is 2. The van der Waals surface area contributed by atoms with Gasteiger partial charge in [0.1, 0.15) is 6.04 Å². The predicted octanol–water partition coefficient (Wildman–Crippen LogP) is 4.40. The topological polar surface area (TPSA) is 67.9 Å². The zero-order chi connectivity index (χ0) is 24.1. The van der Waals surface area contributed by atoms with Crippen LogP contribution < -0.4 is 14.8 Å². The lowest BCUT2D eigenvalue weighted by atomic mass is 10.1. The van der Waals surface area contributed by atoms with E-state index in [1.807, 2.05) is 43.3 Å². The van der Waals surface area contributed by atoms with Crippen molar-refractivity contribution in [1.29, 1.82) is 0 Å². The van der Waals surface area contributed by atoms with Gasteiger partial charge in [-0.3, -0.25) is 9.59 Å². The third kappa shape index (κ3) is 8.12. The zero-order valence-corrected chi connectivity index (χ0v) is 20.4. The van der Waals surface area contributed by atoms with E-state index in [1.54, 1.807) is 19.1 Å². The molecule has 0 aromatic heterocycles. The van der Waals surface area contributed by atoms with E-state index in [0.29, 0.717) is 50.3 Å². The van der Waals surface area contributed by atoms with Crippen molar-refractivity contribution in [3.63, 3.8) is 0 Å². The predicted molar refractivity (Wildman–Crippen MR) is 132 cm³/mol. The molecule has 0 aliphatic carbocycles. The highest BCUT2D eigenvalue weighted by Gasteiger charge is 2.27. The summed E-state index contributed by atoms with van der Waals surface area (Å²) in [5, 5.41) is 3.01. The van der Waals surface area contributed by atoms with E-state index in [-0.39, 0.29) is 11.8 Å². The molecule has 0 aliphatic rings. The lowest BCUT2D eigenvalue weighted by Gasteiger charge is -2.31. The van der Waals surface area contributed by atoms with E-state index < -0.39 is 6.04 Å². The molecule has 2 rings (SSSR count). The third-order valence-corrected chi connectivity index (χ3v) is 5.78. The molecule has 0 radical (unpaired) electrons. The Balaban J connectivity index is 2.12. The number of benzene rings is 2. The minimum absolute atomic E-state index is 0.0155. The summed E-state index contributed by atoms with van der Waals surface area (Å²) >= 11 is 0. The van der Waals surface area contributed by atoms with Gasteiger partial charge in [-0.15, -0.1) is 0 Å². The number of nitrogens with one attached hydrogen (secondary N) is 1. The molecular weight excluding hydrogens is 416 g/mol. The first-order valence-electron chi connectivity index (χ1n) is 11.9. The Morgan fingerprint density at radius 2 is 1.67 bits per heavy atom. The Morgan fingerprint density at radius 3 is 2.30 bits per heavy atom. The largest absolute Gasteiger partial charge is 0.493 e. The van der Waals surface area contributed by atoms with E-state index in [2.05, 4.69) is 24.4 Å². The molecule has 0 bridgehead atoms. The summed E-state index contributed by atoms with van der Waals surface area (Å²) in [6, 6.07) is 15.3. The summed E-state index contributed by atoms with van der Waals surface area (Å²) in [5.41, 5.74) is 2.14. The van der Waals surface area contributed by atoms with Crippen molar-refractivity contribution in [3.05, 3.63) is 59.7 Å². The minimum Gasteiger partial charge on any atom is -0.493 e. The number of aryl methyl sites for hydroxylation is 1. The van der Waals surface area contributed by atoms with Crippen LogP contribution in [-0.2, 0) is 22.4 Å². The third-order valence-electron chi connectivity index (χ3n) is 5.78. The van der Waals surface area contributed by atoms with Crippen LogP contribution in [0.15, 0.2) is 48.5 Å². The molecule has 2 aromatic carbocycles. The van der Waals surface area contributed by atoms with E-state index >= 15 is 0 Å². The molecule has 2 aromatic rings. The Morgan fingerprint density at radius 1 is 0.939 bits per heavy atom. The highest BCUT2D eigenvalue weighted by Crippen LogP contribution is 2.28. The van der Waals surface area contributed by atoms with Crippen molar-refractivity contribution < 1.29 is 19.1 Å². The van der Waals surface area contributed by atoms with Gasteiger partial charge in [-0.25, -0.2) is 0 Å². The molecular formula is C27H38N2O4. The molecule has 0 aliphatic heterocycles. The van der Waals surface area contributed by atoms with Crippen LogP contribution in [0.5, 0.6) is 11.5 Å². The van der Waals surface area contributed by atoms with Gasteiger partial charge in [0.2, 0.25) is 11.8 Å². The maximum atomic E-state index is 13.3. The van der Waals surface area contributed by atoms with Gasteiger partial charge in [0.25, 0.3) is 0 Å². The number of carbonyl (C=O) groups is 2. The van der Waals surface area contributed by atoms with Crippen molar-refractivity contribution in [2.75, 3.05) is 27.3 Å². The van der Waals surface area contributed by atoms with Crippen LogP contribution in [0.3, 0.4) is 0 Å². The van der Waals surface area contributed by atoms with Crippen LogP contribution in [-0.4, -0.2) is 50.1 Å². The molecule has 0 saturated carbocycles. The van der Waals surface area contributed by atoms with Crippen LogP contribution in [0.1, 0.15) is 50.7 Å². The van der Waals surface area contributed by atoms with Crippen molar-refractivity contribution >= 4 is 11.8 Å². The van der Waals surface area contributed by atoms with E-state index in [9.17, 15) is 9.59 Å². The number of rotatable bonds is 14. The van der Waals surface area contributed by atoms with Crippen LogP contribution in [0.4, 0.5) is 0 Å². The molecule has 2 amide bonds. The Kier molecular flexibility index (Phi) is 11.3. The van der Waals surface area contributed by atoms with Crippen molar-refractivity contribution in [3.8, 4) is 11.5 Å². The van der Waals surface area contributed by atoms with Crippen LogP contribution in [0.25, 0.3) is 0 Å². The maximum absolute atomic E-state index is 13.3. The molecule has 6 nitrogen and oxygen atoms in total. The number of carbonyl (C=O) groups excluding carboxylic acids is 2. The highest BCUT2D eigenvalue weighted by molar-refractivity contribution is 5.87. The van der Waals surface area contributed by atoms with Gasteiger partial charge in [-0.2, -0.15) is 0 Å². The second-order valence-corrected chi connectivity index (χ2v) is 8.08. The number of unbranched alkanes of at least 4 members (excludes halogenated alkanes) is 1. The smallest absolute Gasteiger partial charge is 0.242 e. The molecule has 6 heteroatoms. The Bertz CT molecular complexity index is 870. The summed E-state index contributed by atoms with van der Waals surface area (Å²) in [4.78, 5) is 28.0.